The van der Waals surface area contributed by atoms with Gasteiger partial charge in [0.1, 0.15) is 17.2 Å². The first-order chi connectivity index (χ1) is 15.3. The Balaban J connectivity index is 1.73. The summed E-state index contributed by atoms with van der Waals surface area (Å²) in [5, 5.41) is 2.65. The summed E-state index contributed by atoms with van der Waals surface area (Å²) >= 11 is 12.3. The maximum absolute atomic E-state index is 14.1. The minimum atomic E-state index is -0.682. The lowest BCUT2D eigenvalue weighted by molar-refractivity contribution is 0.0562. The highest BCUT2D eigenvalue weighted by atomic mass is 35.5. The van der Waals surface area contributed by atoms with E-state index in [1.165, 1.54) is 30.0 Å². The van der Waals surface area contributed by atoms with Crippen LogP contribution in [0.4, 0.5) is 8.78 Å². The van der Waals surface area contributed by atoms with E-state index in [9.17, 15) is 13.6 Å². The van der Waals surface area contributed by atoms with Gasteiger partial charge >= 0.3 is 0 Å². The number of carbonyl (C=O) groups excluding carboxylic acids is 1. The average Bonchev–Trinajstić information content (AvgIpc) is 3.17. The largest absolute Gasteiger partial charge is 0.406 e. The van der Waals surface area contributed by atoms with Crippen molar-refractivity contribution in [2.45, 2.75) is 13.0 Å². The second kappa shape index (κ2) is 8.76. The third kappa shape index (κ3) is 4.13. The molecule has 1 N–H and O–H groups in total. The number of nitrogens with one attached hydrogen (secondary N) is 1. The van der Waals surface area contributed by atoms with E-state index in [2.05, 4.69) is 10.3 Å². The molecule has 0 bridgehead atoms. The molecule has 2 aromatic carbocycles. The van der Waals surface area contributed by atoms with Gasteiger partial charge in [0.05, 0.1) is 10.5 Å². The van der Waals surface area contributed by atoms with Gasteiger partial charge in [-0.15, -0.1) is 0 Å². The highest BCUT2D eigenvalue weighted by Crippen LogP contribution is 2.33. The third-order valence-electron chi connectivity index (χ3n) is 4.98. The Labute approximate surface area is 192 Å². The molecule has 0 saturated carbocycles. The number of aromatic nitrogens is 2. The molecule has 2 aromatic heterocycles. The minimum absolute atomic E-state index is 0.109. The number of fused-ring (bicyclic) bond motifs is 1. The van der Waals surface area contributed by atoms with Crippen molar-refractivity contribution in [3.8, 4) is 11.1 Å². The van der Waals surface area contributed by atoms with Gasteiger partial charge in [0.15, 0.2) is 6.10 Å². The first kappa shape index (κ1) is 22.0. The molecule has 32 heavy (non-hydrogen) atoms. The highest BCUT2D eigenvalue weighted by Gasteiger charge is 2.20. The molecule has 4 rings (SSSR count). The number of benzene rings is 2. The Morgan fingerprint density at radius 1 is 1.12 bits per heavy atom. The van der Waals surface area contributed by atoms with Gasteiger partial charge < -0.3 is 10.2 Å². The lowest BCUT2D eigenvalue weighted by atomic mass is 10.0. The van der Waals surface area contributed by atoms with Gasteiger partial charge in [-0.3, -0.25) is 9.78 Å². The Morgan fingerprint density at radius 3 is 2.66 bits per heavy atom. The van der Waals surface area contributed by atoms with Gasteiger partial charge in [0, 0.05) is 41.2 Å². The molecule has 9 heteroatoms. The van der Waals surface area contributed by atoms with E-state index in [-0.39, 0.29) is 15.6 Å². The average molecular weight is 476 g/mol. The molecule has 1 unspecified atom stereocenters. The number of carbonyl (C=O) groups is 1. The van der Waals surface area contributed by atoms with Crippen molar-refractivity contribution in [2.75, 3.05) is 7.05 Å². The van der Waals surface area contributed by atoms with Crippen molar-refractivity contribution in [3.63, 3.8) is 0 Å². The minimum Gasteiger partial charge on any atom is -0.406 e. The van der Waals surface area contributed by atoms with E-state index in [0.29, 0.717) is 27.7 Å². The van der Waals surface area contributed by atoms with Crippen LogP contribution < -0.4 is 10.2 Å². The second-order valence-corrected chi connectivity index (χ2v) is 7.87. The molecule has 164 valence electrons. The fourth-order valence-electron chi connectivity index (χ4n) is 3.41. The van der Waals surface area contributed by atoms with Gasteiger partial charge in [0.2, 0.25) is 0 Å². The number of hydrogen-bond donors (Lipinski definition) is 1. The summed E-state index contributed by atoms with van der Waals surface area (Å²) < 4.78 is 29.5. The number of hydrogen-bond acceptors (Lipinski definition) is 3. The van der Waals surface area contributed by atoms with Crippen LogP contribution in [0.2, 0.25) is 10.0 Å². The van der Waals surface area contributed by atoms with Gasteiger partial charge in [0.25, 0.3) is 5.91 Å². The molecule has 0 aliphatic carbocycles. The smallest absolute Gasteiger partial charge is 0.251 e. The van der Waals surface area contributed by atoms with Crippen molar-refractivity contribution in [3.05, 3.63) is 87.7 Å². The molecule has 4 aromatic rings. The zero-order valence-electron chi connectivity index (χ0n) is 17.0. The normalized spacial score (nSPS) is 12.1. The number of pyridine rings is 1. The maximum atomic E-state index is 14.1. The summed E-state index contributed by atoms with van der Waals surface area (Å²) in [6.45, 7) is 1.69. The van der Waals surface area contributed by atoms with Gasteiger partial charge in [-0.25, -0.2) is 8.78 Å². The quantitative estimate of drug-likeness (QED) is 0.369. The highest BCUT2D eigenvalue weighted by molar-refractivity contribution is 6.36. The van der Waals surface area contributed by atoms with Crippen LogP contribution in [0.3, 0.4) is 0 Å². The molecule has 0 saturated heterocycles. The lowest BCUT2D eigenvalue weighted by Crippen LogP contribution is -2.18. The molecule has 1 amide bonds. The lowest BCUT2D eigenvalue weighted by Gasteiger charge is -2.19. The first-order valence-corrected chi connectivity index (χ1v) is 10.3. The Morgan fingerprint density at radius 2 is 1.91 bits per heavy atom. The van der Waals surface area contributed by atoms with Crippen molar-refractivity contribution >= 4 is 40.1 Å². The summed E-state index contributed by atoms with van der Waals surface area (Å²) in [5.74, 6) is -1.54. The van der Waals surface area contributed by atoms with E-state index in [1.54, 1.807) is 37.5 Å². The Kier molecular flexibility index (Phi) is 6.04. The van der Waals surface area contributed by atoms with E-state index < -0.39 is 23.6 Å². The fraction of sp³-hybridized carbons (Fsp3) is 0.130. The summed E-state index contributed by atoms with van der Waals surface area (Å²) in [7, 11) is 1.48. The van der Waals surface area contributed by atoms with Gasteiger partial charge in [-0.2, -0.15) is 4.73 Å². The zero-order chi connectivity index (χ0) is 23.0. The van der Waals surface area contributed by atoms with E-state index >= 15 is 0 Å². The molecule has 2 heterocycles. The van der Waals surface area contributed by atoms with Crippen LogP contribution in [0.25, 0.3) is 22.2 Å². The van der Waals surface area contributed by atoms with E-state index in [4.69, 9.17) is 28.0 Å². The number of amides is 1. The molecule has 1 atom stereocenters. The number of rotatable bonds is 5. The number of halogens is 4. The SMILES string of the molecule is CNC(=O)c1cc(F)cc(-c2cnc3ccn(OC(C)c4c(Cl)ccc(F)c4Cl)c3c2)c1. The molecule has 5 nitrogen and oxygen atoms in total. The van der Waals surface area contributed by atoms with Crippen LogP contribution >= 0.6 is 23.2 Å². The van der Waals surface area contributed by atoms with E-state index in [0.717, 1.165) is 6.07 Å². The summed E-state index contributed by atoms with van der Waals surface area (Å²) in [6.07, 6.45) is 2.55. The molecule has 0 aliphatic heterocycles. The summed E-state index contributed by atoms with van der Waals surface area (Å²) in [5.41, 5.74) is 2.79. The van der Waals surface area contributed by atoms with Crippen LogP contribution in [0.5, 0.6) is 0 Å². The molecule has 0 radical (unpaired) electrons. The van der Waals surface area contributed by atoms with Crippen molar-refractivity contribution in [1.29, 1.82) is 0 Å². The van der Waals surface area contributed by atoms with Crippen molar-refractivity contribution < 1.29 is 18.4 Å². The maximum Gasteiger partial charge on any atom is 0.251 e. The zero-order valence-corrected chi connectivity index (χ0v) is 18.5. The van der Waals surface area contributed by atoms with Gasteiger partial charge in [-0.1, -0.05) is 23.2 Å². The number of nitrogens with zero attached hydrogens (tertiary/aromatic N) is 2. The van der Waals surface area contributed by atoms with Crippen LogP contribution in [0.1, 0.15) is 28.9 Å². The third-order valence-corrected chi connectivity index (χ3v) is 5.69. The van der Waals surface area contributed by atoms with Crippen LogP contribution in [0.15, 0.2) is 54.9 Å². The Bertz CT molecular complexity index is 1340. The first-order valence-electron chi connectivity index (χ1n) is 9.59. The Hall–Kier alpha value is -3.16. The second-order valence-electron chi connectivity index (χ2n) is 7.08. The van der Waals surface area contributed by atoms with Crippen LogP contribution in [-0.4, -0.2) is 22.7 Å². The predicted octanol–water partition coefficient (Wildman–Crippen LogP) is 5.84. The van der Waals surface area contributed by atoms with Crippen molar-refractivity contribution in [2.24, 2.45) is 0 Å². The predicted molar refractivity (Wildman–Crippen MR) is 120 cm³/mol. The summed E-state index contributed by atoms with van der Waals surface area (Å²) in [4.78, 5) is 22.3. The van der Waals surface area contributed by atoms with E-state index in [1.807, 2.05) is 0 Å². The molecular weight excluding hydrogens is 459 g/mol. The van der Waals surface area contributed by atoms with Gasteiger partial charge in [-0.05, 0) is 55.0 Å². The topological polar surface area (TPSA) is 56.2 Å². The molecule has 0 fully saturated rings. The molecular formula is C23H17Cl2F2N3O2. The summed E-state index contributed by atoms with van der Waals surface area (Å²) in [6, 6.07) is 10.2. The standard InChI is InChI=1S/C23H17Cl2F2N3O2/c1-12(21-17(24)3-4-18(27)22(21)25)32-30-6-5-19-20(30)10-15(11-29-19)13-7-14(23(31)28-2)9-16(26)8-13/h3-12H,1-2H3,(H,28,31). The van der Waals surface area contributed by atoms with Crippen molar-refractivity contribution in [1.82, 2.24) is 15.0 Å². The van der Waals surface area contributed by atoms with Crippen LogP contribution in [0, 0.1) is 11.6 Å². The molecule has 0 spiro atoms. The monoisotopic (exact) mass is 475 g/mol. The van der Waals surface area contributed by atoms with Crippen LogP contribution in [-0.2, 0) is 0 Å². The fourth-order valence-corrected chi connectivity index (χ4v) is 4.09. The molecule has 0 aliphatic rings.